The molecule has 0 spiro atoms. The van der Waals surface area contributed by atoms with E-state index in [1.807, 2.05) is 38.1 Å². The van der Waals surface area contributed by atoms with Crippen LogP contribution < -0.4 is 15.7 Å². The highest BCUT2D eigenvalue weighted by Gasteiger charge is 2.26. The Hall–Kier alpha value is -2.63. The molecule has 23 heavy (non-hydrogen) atoms. The van der Waals surface area contributed by atoms with E-state index in [1.165, 1.54) is 0 Å². The number of carbonyl (C=O) groups excluding carboxylic acids is 1. The summed E-state index contributed by atoms with van der Waals surface area (Å²) in [6.07, 6.45) is 0.688. The molecule has 1 amide bonds. The third-order valence-corrected chi connectivity index (χ3v) is 3.67. The van der Waals surface area contributed by atoms with Gasteiger partial charge in [-0.15, -0.1) is 0 Å². The van der Waals surface area contributed by atoms with Crippen molar-refractivity contribution >= 4 is 5.91 Å². The first kappa shape index (κ1) is 15.3. The van der Waals surface area contributed by atoms with Crippen molar-refractivity contribution in [2.75, 3.05) is 6.61 Å². The van der Waals surface area contributed by atoms with Crippen LogP contribution in [-0.2, 0) is 6.42 Å². The lowest BCUT2D eigenvalue weighted by atomic mass is 10.1. The Morgan fingerprint density at radius 3 is 3.00 bits per heavy atom. The van der Waals surface area contributed by atoms with Gasteiger partial charge < -0.3 is 15.0 Å². The fourth-order valence-corrected chi connectivity index (χ4v) is 2.69. The number of ether oxygens (including phenoxy) is 1. The van der Waals surface area contributed by atoms with Crippen LogP contribution in [0.3, 0.4) is 0 Å². The summed E-state index contributed by atoms with van der Waals surface area (Å²) >= 11 is 0. The lowest BCUT2D eigenvalue weighted by Crippen LogP contribution is -2.32. The second-order valence-electron chi connectivity index (χ2n) is 6.07. The highest BCUT2D eigenvalue weighted by Crippen LogP contribution is 2.31. The van der Waals surface area contributed by atoms with Crippen molar-refractivity contribution < 1.29 is 9.53 Å². The van der Waals surface area contributed by atoms with Gasteiger partial charge in [0, 0.05) is 11.3 Å². The first-order valence-electron chi connectivity index (χ1n) is 7.66. The summed E-state index contributed by atoms with van der Waals surface area (Å²) in [5.41, 5.74) is 1.28. The molecule has 1 atom stereocenters. The van der Waals surface area contributed by atoms with Crippen LogP contribution in [-0.4, -0.2) is 22.5 Å². The number of aromatic nitrogens is 2. The van der Waals surface area contributed by atoms with Crippen molar-refractivity contribution in [1.82, 2.24) is 15.3 Å². The number of amides is 1. The summed E-state index contributed by atoms with van der Waals surface area (Å²) in [7, 11) is 0. The van der Waals surface area contributed by atoms with E-state index in [-0.39, 0.29) is 17.6 Å². The first-order chi connectivity index (χ1) is 11.0. The van der Waals surface area contributed by atoms with Gasteiger partial charge in [0.25, 0.3) is 5.91 Å². The molecule has 2 heterocycles. The van der Waals surface area contributed by atoms with Gasteiger partial charge in [-0.25, -0.2) is 4.79 Å². The van der Waals surface area contributed by atoms with Crippen molar-refractivity contribution in [3.63, 3.8) is 0 Å². The Balaban J connectivity index is 1.79. The smallest absolute Gasteiger partial charge is 0.345 e. The number of para-hydroxylation sites is 1. The van der Waals surface area contributed by atoms with Crippen LogP contribution in [0.5, 0.6) is 5.75 Å². The van der Waals surface area contributed by atoms with Gasteiger partial charge in [0.15, 0.2) is 0 Å². The second-order valence-corrected chi connectivity index (χ2v) is 6.07. The van der Waals surface area contributed by atoms with Crippen molar-refractivity contribution in [3.05, 3.63) is 57.8 Å². The van der Waals surface area contributed by atoms with Gasteiger partial charge in [-0.2, -0.15) is 4.98 Å². The van der Waals surface area contributed by atoms with Crippen LogP contribution in [0, 0.1) is 5.92 Å². The topological polar surface area (TPSA) is 84.1 Å². The molecular weight excluding hydrogens is 294 g/mol. The van der Waals surface area contributed by atoms with E-state index in [1.54, 1.807) is 6.07 Å². The van der Waals surface area contributed by atoms with Crippen molar-refractivity contribution in [2.45, 2.75) is 26.3 Å². The van der Waals surface area contributed by atoms with Gasteiger partial charge in [-0.05, 0) is 24.5 Å². The van der Waals surface area contributed by atoms with Crippen LogP contribution in [0.4, 0.5) is 0 Å². The standard InChI is InChI=1S/C17H19N3O3/c1-10(2)7-11-8-13(20-17(22)18-11)16(21)19-14-9-23-15-6-4-3-5-12(14)15/h3-6,8,10,14H,7,9H2,1-2H3,(H,19,21)(H,18,20,22). The Kier molecular flexibility index (Phi) is 4.14. The van der Waals surface area contributed by atoms with E-state index < -0.39 is 5.69 Å². The summed E-state index contributed by atoms with van der Waals surface area (Å²) in [5.74, 6) is 0.780. The zero-order chi connectivity index (χ0) is 16.4. The average molecular weight is 313 g/mol. The van der Waals surface area contributed by atoms with Crippen molar-refractivity contribution in [3.8, 4) is 5.75 Å². The molecule has 0 fully saturated rings. The summed E-state index contributed by atoms with van der Waals surface area (Å²) in [6, 6.07) is 8.99. The molecule has 1 unspecified atom stereocenters. The molecule has 2 N–H and O–H groups in total. The number of nitrogens with zero attached hydrogens (tertiary/aromatic N) is 1. The van der Waals surface area contributed by atoms with Crippen LogP contribution in [0.25, 0.3) is 0 Å². The van der Waals surface area contributed by atoms with Crippen molar-refractivity contribution in [1.29, 1.82) is 0 Å². The molecule has 1 aromatic heterocycles. The van der Waals surface area contributed by atoms with Crippen LogP contribution in [0.2, 0.25) is 0 Å². The molecule has 0 radical (unpaired) electrons. The summed E-state index contributed by atoms with van der Waals surface area (Å²) in [5, 5.41) is 2.88. The normalized spacial score (nSPS) is 16.0. The van der Waals surface area contributed by atoms with Crippen LogP contribution in [0.15, 0.2) is 35.1 Å². The molecule has 0 saturated carbocycles. The fourth-order valence-electron chi connectivity index (χ4n) is 2.69. The molecule has 0 bridgehead atoms. The van der Waals surface area contributed by atoms with E-state index in [2.05, 4.69) is 15.3 Å². The minimum absolute atomic E-state index is 0.133. The molecule has 2 aromatic rings. The highest BCUT2D eigenvalue weighted by atomic mass is 16.5. The molecule has 6 nitrogen and oxygen atoms in total. The lowest BCUT2D eigenvalue weighted by Gasteiger charge is -2.12. The van der Waals surface area contributed by atoms with E-state index >= 15 is 0 Å². The average Bonchev–Trinajstić information content (AvgIpc) is 2.89. The van der Waals surface area contributed by atoms with E-state index in [4.69, 9.17) is 4.74 Å². The molecule has 6 heteroatoms. The minimum atomic E-state index is -0.503. The summed E-state index contributed by atoms with van der Waals surface area (Å²) < 4.78 is 5.54. The number of hydrogen-bond acceptors (Lipinski definition) is 4. The van der Waals surface area contributed by atoms with Gasteiger partial charge in [0.05, 0.1) is 6.04 Å². The summed E-state index contributed by atoms with van der Waals surface area (Å²) in [6.45, 7) is 4.48. The van der Waals surface area contributed by atoms with Crippen LogP contribution >= 0.6 is 0 Å². The van der Waals surface area contributed by atoms with E-state index in [9.17, 15) is 9.59 Å². The predicted molar refractivity (Wildman–Crippen MR) is 85.5 cm³/mol. The van der Waals surface area contributed by atoms with Gasteiger partial charge >= 0.3 is 5.69 Å². The number of hydrogen-bond donors (Lipinski definition) is 2. The number of carbonyl (C=O) groups is 1. The molecule has 1 aliphatic rings. The molecule has 3 rings (SSSR count). The SMILES string of the molecule is CC(C)Cc1cc(C(=O)NC2COc3ccccc32)nc(=O)[nH]1. The van der Waals surface area contributed by atoms with E-state index in [0.717, 1.165) is 11.3 Å². The van der Waals surface area contributed by atoms with Crippen molar-refractivity contribution in [2.24, 2.45) is 5.92 Å². The lowest BCUT2D eigenvalue weighted by molar-refractivity contribution is 0.0924. The quantitative estimate of drug-likeness (QED) is 0.902. The van der Waals surface area contributed by atoms with Gasteiger partial charge in [-0.3, -0.25) is 4.79 Å². The first-order valence-corrected chi connectivity index (χ1v) is 7.66. The van der Waals surface area contributed by atoms with Crippen LogP contribution in [0.1, 0.15) is 41.6 Å². The second kappa shape index (κ2) is 6.24. The minimum Gasteiger partial charge on any atom is -0.491 e. The molecule has 120 valence electrons. The zero-order valence-corrected chi connectivity index (χ0v) is 13.1. The maximum Gasteiger partial charge on any atom is 0.345 e. The monoisotopic (exact) mass is 313 g/mol. The van der Waals surface area contributed by atoms with Gasteiger partial charge in [0.1, 0.15) is 18.1 Å². The third kappa shape index (κ3) is 3.41. The number of fused-ring (bicyclic) bond motifs is 1. The summed E-state index contributed by atoms with van der Waals surface area (Å²) in [4.78, 5) is 30.5. The Labute approximate surface area is 133 Å². The number of aromatic amines is 1. The predicted octanol–water partition coefficient (Wildman–Crippen LogP) is 1.83. The number of rotatable bonds is 4. The Morgan fingerprint density at radius 2 is 2.22 bits per heavy atom. The maximum absolute atomic E-state index is 12.4. The molecule has 1 aromatic carbocycles. The Morgan fingerprint density at radius 1 is 1.43 bits per heavy atom. The fraction of sp³-hybridized carbons (Fsp3) is 0.353. The number of nitrogens with one attached hydrogen (secondary N) is 2. The maximum atomic E-state index is 12.4. The Bertz CT molecular complexity index is 783. The molecule has 0 saturated heterocycles. The highest BCUT2D eigenvalue weighted by molar-refractivity contribution is 5.92. The largest absolute Gasteiger partial charge is 0.491 e. The van der Waals surface area contributed by atoms with Gasteiger partial charge in [-0.1, -0.05) is 32.0 Å². The number of benzene rings is 1. The molecule has 1 aliphatic heterocycles. The zero-order valence-electron chi connectivity index (χ0n) is 13.1. The molecular formula is C17H19N3O3. The van der Waals surface area contributed by atoms with Gasteiger partial charge in [0.2, 0.25) is 0 Å². The third-order valence-electron chi connectivity index (χ3n) is 3.67. The number of H-pyrrole nitrogens is 1. The molecule has 0 aliphatic carbocycles. The van der Waals surface area contributed by atoms with E-state index in [0.29, 0.717) is 24.6 Å².